The molecule has 1 aromatic carbocycles. The minimum atomic E-state index is -0.942. The Morgan fingerprint density at radius 3 is 2.70 bits per heavy atom. The van der Waals surface area contributed by atoms with Gasteiger partial charge in [-0.1, -0.05) is 36.9 Å². The molecule has 1 aliphatic rings. The maximum Gasteiger partial charge on any atom is 0.336 e. The first-order chi connectivity index (χ1) is 9.66. The van der Waals surface area contributed by atoms with Crippen molar-refractivity contribution in [1.82, 2.24) is 4.98 Å². The minimum Gasteiger partial charge on any atom is -0.478 e. The molecule has 1 saturated carbocycles. The maximum atomic E-state index is 11.5. The summed E-state index contributed by atoms with van der Waals surface area (Å²) in [5, 5.41) is 10.4. The Morgan fingerprint density at radius 2 is 2.00 bits per heavy atom. The van der Waals surface area contributed by atoms with Gasteiger partial charge in [0.2, 0.25) is 0 Å². The first-order valence-corrected chi connectivity index (χ1v) is 7.37. The summed E-state index contributed by atoms with van der Waals surface area (Å²) in [5.41, 5.74) is 1.84. The third kappa shape index (κ3) is 2.38. The Bertz CT molecular complexity index is 663. The van der Waals surface area contributed by atoms with Gasteiger partial charge in [-0.05, 0) is 31.0 Å². The second kappa shape index (κ2) is 5.41. The van der Waals surface area contributed by atoms with Gasteiger partial charge in [-0.2, -0.15) is 0 Å². The van der Waals surface area contributed by atoms with E-state index in [0.717, 1.165) is 18.5 Å². The Hall–Kier alpha value is -1.61. The van der Waals surface area contributed by atoms with Crippen LogP contribution in [-0.4, -0.2) is 16.1 Å². The van der Waals surface area contributed by atoms with Crippen molar-refractivity contribution in [2.24, 2.45) is 0 Å². The van der Waals surface area contributed by atoms with E-state index in [1.165, 1.54) is 19.3 Å². The van der Waals surface area contributed by atoms with Crippen LogP contribution >= 0.6 is 11.6 Å². The van der Waals surface area contributed by atoms with Crippen molar-refractivity contribution < 1.29 is 9.90 Å². The highest BCUT2D eigenvalue weighted by molar-refractivity contribution is 6.36. The normalized spacial score (nSPS) is 16.4. The monoisotopic (exact) mass is 289 g/mol. The SMILES string of the molecule is O=C(O)c1cc(C2CCCCC2)nc2cccc(Cl)c12. The lowest BCUT2D eigenvalue weighted by atomic mass is 9.86. The van der Waals surface area contributed by atoms with Gasteiger partial charge in [0, 0.05) is 17.0 Å². The van der Waals surface area contributed by atoms with Crippen LogP contribution in [0.1, 0.15) is 54.1 Å². The van der Waals surface area contributed by atoms with Crippen LogP contribution in [0.3, 0.4) is 0 Å². The quantitative estimate of drug-likeness (QED) is 0.876. The predicted octanol–water partition coefficient (Wildman–Crippen LogP) is 4.63. The van der Waals surface area contributed by atoms with Gasteiger partial charge in [-0.25, -0.2) is 4.79 Å². The minimum absolute atomic E-state index is 0.265. The highest BCUT2D eigenvalue weighted by Gasteiger charge is 2.21. The summed E-state index contributed by atoms with van der Waals surface area (Å²) in [7, 11) is 0. The summed E-state index contributed by atoms with van der Waals surface area (Å²) in [6.45, 7) is 0. The Morgan fingerprint density at radius 1 is 1.25 bits per heavy atom. The van der Waals surface area contributed by atoms with Gasteiger partial charge >= 0.3 is 5.97 Å². The summed E-state index contributed by atoms with van der Waals surface area (Å²) < 4.78 is 0. The van der Waals surface area contributed by atoms with Gasteiger partial charge in [0.05, 0.1) is 16.1 Å². The number of aromatic carboxylic acids is 1. The molecule has 0 radical (unpaired) electrons. The topological polar surface area (TPSA) is 50.2 Å². The average Bonchev–Trinajstić information content (AvgIpc) is 2.47. The van der Waals surface area contributed by atoms with Gasteiger partial charge in [-0.15, -0.1) is 0 Å². The van der Waals surface area contributed by atoms with Crippen LogP contribution in [0.4, 0.5) is 0 Å². The molecule has 3 rings (SSSR count). The Kier molecular flexibility index (Phi) is 3.62. The molecule has 0 bridgehead atoms. The molecule has 0 saturated heterocycles. The molecular formula is C16H16ClNO2. The first kappa shape index (κ1) is 13.4. The molecule has 0 amide bonds. The Labute approximate surface area is 122 Å². The summed E-state index contributed by atoms with van der Waals surface area (Å²) in [6, 6.07) is 7.07. The van der Waals surface area contributed by atoms with E-state index in [1.807, 2.05) is 12.1 Å². The number of hydrogen-bond acceptors (Lipinski definition) is 2. The number of carboxylic acid groups (broad SMARTS) is 1. The summed E-state index contributed by atoms with van der Waals surface area (Å²) >= 11 is 6.14. The van der Waals surface area contributed by atoms with E-state index in [4.69, 9.17) is 11.6 Å². The number of hydrogen-bond donors (Lipinski definition) is 1. The summed E-state index contributed by atoms with van der Waals surface area (Å²) in [4.78, 5) is 16.2. The molecule has 0 spiro atoms. The molecule has 2 aromatic rings. The largest absolute Gasteiger partial charge is 0.478 e. The number of pyridine rings is 1. The van der Waals surface area contributed by atoms with E-state index in [9.17, 15) is 9.90 Å². The van der Waals surface area contributed by atoms with Crippen molar-refractivity contribution in [3.63, 3.8) is 0 Å². The Balaban J connectivity index is 2.18. The second-order valence-corrected chi connectivity index (χ2v) is 5.78. The number of carbonyl (C=O) groups is 1. The number of carboxylic acids is 1. The third-order valence-corrected chi connectivity index (χ3v) is 4.37. The molecule has 0 aliphatic heterocycles. The van der Waals surface area contributed by atoms with Crippen LogP contribution in [0, 0.1) is 0 Å². The molecular weight excluding hydrogens is 274 g/mol. The molecule has 3 nitrogen and oxygen atoms in total. The fourth-order valence-electron chi connectivity index (χ4n) is 3.04. The summed E-state index contributed by atoms with van der Waals surface area (Å²) in [5.74, 6) is -0.562. The molecule has 1 N–H and O–H groups in total. The van der Waals surface area contributed by atoms with E-state index < -0.39 is 5.97 Å². The van der Waals surface area contributed by atoms with E-state index in [1.54, 1.807) is 12.1 Å². The van der Waals surface area contributed by atoms with E-state index in [0.29, 0.717) is 21.8 Å². The zero-order chi connectivity index (χ0) is 14.1. The van der Waals surface area contributed by atoms with Gasteiger partial charge in [0.25, 0.3) is 0 Å². The third-order valence-electron chi connectivity index (χ3n) is 4.06. The number of fused-ring (bicyclic) bond motifs is 1. The van der Waals surface area contributed by atoms with Crippen molar-refractivity contribution in [2.45, 2.75) is 38.0 Å². The van der Waals surface area contributed by atoms with Gasteiger partial charge < -0.3 is 5.11 Å². The highest BCUT2D eigenvalue weighted by Crippen LogP contribution is 2.34. The molecule has 0 atom stereocenters. The molecule has 1 heterocycles. The van der Waals surface area contributed by atoms with Crippen molar-refractivity contribution in [3.8, 4) is 0 Å². The van der Waals surface area contributed by atoms with Crippen LogP contribution in [0.2, 0.25) is 5.02 Å². The summed E-state index contributed by atoms with van der Waals surface area (Å²) in [6.07, 6.45) is 5.85. The number of nitrogens with zero attached hydrogens (tertiary/aromatic N) is 1. The fourth-order valence-corrected chi connectivity index (χ4v) is 3.31. The first-order valence-electron chi connectivity index (χ1n) is 6.99. The zero-order valence-electron chi connectivity index (χ0n) is 11.1. The molecule has 4 heteroatoms. The lowest BCUT2D eigenvalue weighted by Gasteiger charge is -2.22. The fraction of sp³-hybridized carbons (Fsp3) is 0.375. The molecule has 104 valence electrons. The van der Waals surface area contributed by atoms with Gasteiger partial charge in [0.1, 0.15) is 0 Å². The van der Waals surface area contributed by atoms with Gasteiger partial charge in [0.15, 0.2) is 0 Å². The van der Waals surface area contributed by atoms with Crippen molar-refractivity contribution >= 4 is 28.5 Å². The lowest BCUT2D eigenvalue weighted by molar-refractivity contribution is 0.0698. The zero-order valence-corrected chi connectivity index (χ0v) is 11.9. The van der Waals surface area contributed by atoms with Gasteiger partial charge in [-0.3, -0.25) is 4.98 Å². The highest BCUT2D eigenvalue weighted by atomic mass is 35.5. The van der Waals surface area contributed by atoms with E-state index in [2.05, 4.69) is 4.98 Å². The van der Waals surface area contributed by atoms with Crippen molar-refractivity contribution in [1.29, 1.82) is 0 Å². The van der Waals surface area contributed by atoms with Crippen LogP contribution in [0.15, 0.2) is 24.3 Å². The molecule has 1 aliphatic carbocycles. The second-order valence-electron chi connectivity index (χ2n) is 5.37. The predicted molar refractivity (Wildman–Crippen MR) is 79.5 cm³/mol. The van der Waals surface area contributed by atoms with Crippen LogP contribution in [-0.2, 0) is 0 Å². The number of benzene rings is 1. The standard InChI is InChI=1S/C16H16ClNO2/c17-12-7-4-8-13-15(12)11(16(19)20)9-14(18-13)10-5-2-1-3-6-10/h4,7-10H,1-3,5-6H2,(H,19,20). The molecule has 0 unspecified atom stereocenters. The lowest BCUT2D eigenvalue weighted by Crippen LogP contribution is -2.09. The van der Waals surface area contributed by atoms with Crippen molar-refractivity contribution in [2.75, 3.05) is 0 Å². The van der Waals surface area contributed by atoms with Crippen LogP contribution < -0.4 is 0 Å². The van der Waals surface area contributed by atoms with Crippen molar-refractivity contribution in [3.05, 3.63) is 40.5 Å². The van der Waals surface area contributed by atoms with E-state index >= 15 is 0 Å². The molecule has 1 aromatic heterocycles. The average molecular weight is 290 g/mol. The smallest absolute Gasteiger partial charge is 0.336 e. The van der Waals surface area contributed by atoms with E-state index in [-0.39, 0.29) is 5.56 Å². The maximum absolute atomic E-state index is 11.5. The number of rotatable bonds is 2. The number of aromatic nitrogens is 1. The number of halogens is 1. The molecule has 20 heavy (non-hydrogen) atoms. The molecule has 1 fully saturated rings. The van der Waals surface area contributed by atoms with Crippen LogP contribution in [0.25, 0.3) is 10.9 Å². The van der Waals surface area contributed by atoms with Crippen LogP contribution in [0.5, 0.6) is 0 Å².